The Kier molecular flexibility index (Phi) is 6.82. The summed E-state index contributed by atoms with van der Waals surface area (Å²) in [4.78, 5) is 25.8. The van der Waals surface area contributed by atoms with E-state index >= 15 is 0 Å². The molecule has 2 aromatic rings. The highest BCUT2D eigenvalue weighted by Crippen LogP contribution is 2.29. The van der Waals surface area contributed by atoms with Gasteiger partial charge in [0.05, 0.1) is 13.2 Å². The Morgan fingerprint density at radius 2 is 1.74 bits per heavy atom. The fraction of sp³-hybridized carbons (Fsp3) is 0.333. The molecule has 1 N–H and O–H groups in total. The Morgan fingerprint density at radius 1 is 1.07 bits per heavy atom. The second-order valence-electron chi connectivity index (χ2n) is 6.49. The van der Waals surface area contributed by atoms with Crippen LogP contribution in [0.4, 0.5) is 0 Å². The summed E-state index contributed by atoms with van der Waals surface area (Å²) in [5, 5.41) is 9.61. The van der Waals surface area contributed by atoms with Crippen molar-refractivity contribution in [2.45, 2.75) is 32.4 Å². The van der Waals surface area contributed by atoms with Gasteiger partial charge in [-0.25, -0.2) is 4.79 Å². The maximum absolute atomic E-state index is 12.8. The van der Waals surface area contributed by atoms with Crippen molar-refractivity contribution >= 4 is 11.9 Å². The summed E-state index contributed by atoms with van der Waals surface area (Å²) in [6.07, 6.45) is 0.190. The highest BCUT2D eigenvalue weighted by Gasteiger charge is 2.28. The van der Waals surface area contributed by atoms with Crippen molar-refractivity contribution in [1.82, 2.24) is 4.90 Å². The minimum atomic E-state index is -1.05. The first-order valence-electron chi connectivity index (χ1n) is 8.72. The first-order chi connectivity index (χ1) is 12.8. The van der Waals surface area contributed by atoms with Gasteiger partial charge in [-0.3, -0.25) is 4.79 Å². The van der Waals surface area contributed by atoms with Crippen LogP contribution in [-0.4, -0.2) is 48.2 Å². The zero-order chi connectivity index (χ0) is 20.0. The molecule has 0 spiro atoms. The van der Waals surface area contributed by atoms with Crippen LogP contribution in [0.15, 0.2) is 48.5 Å². The van der Waals surface area contributed by atoms with Crippen LogP contribution in [0.25, 0.3) is 0 Å². The van der Waals surface area contributed by atoms with Crippen molar-refractivity contribution in [1.29, 1.82) is 0 Å². The molecule has 2 aromatic carbocycles. The van der Waals surface area contributed by atoms with E-state index in [0.717, 1.165) is 5.56 Å². The second-order valence-corrected chi connectivity index (χ2v) is 6.49. The summed E-state index contributed by atoms with van der Waals surface area (Å²) >= 11 is 0. The van der Waals surface area contributed by atoms with Crippen LogP contribution in [0.1, 0.15) is 29.8 Å². The first kappa shape index (κ1) is 20.3. The number of benzene rings is 2. The highest BCUT2D eigenvalue weighted by atomic mass is 16.5. The third-order valence-electron chi connectivity index (χ3n) is 4.12. The number of rotatable bonds is 8. The van der Waals surface area contributed by atoms with Crippen LogP contribution in [0.2, 0.25) is 0 Å². The third-order valence-corrected chi connectivity index (χ3v) is 4.12. The Morgan fingerprint density at radius 3 is 2.30 bits per heavy atom. The molecule has 0 saturated carbocycles. The van der Waals surface area contributed by atoms with E-state index in [0.29, 0.717) is 17.1 Å². The molecule has 6 heteroatoms. The molecule has 144 valence electrons. The van der Waals surface area contributed by atoms with E-state index in [2.05, 4.69) is 0 Å². The van der Waals surface area contributed by atoms with Crippen LogP contribution in [0.3, 0.4) is 0 Å². The Hall–Kier alpha value is -3.02. The number of nitrogens with zero attached hydrogens (tertiary/aromatic N) is 1. The van der Waals surface area contributed by atoms with Crippen molar-refractivity contribution in [2.24, 2.45) is 0 Å². The zero-order valence-corrected chi connectivity index (χ0v) is 16.0. The van der Waals surface area contributed by atoms with Gasteiger partial charge in [-0.05, 0) is 37.6 Å². The SMILES string of the molecule is COc1cc(C(=O)N(C)C(Cc2ccccc2)C(=O)O)ccc1OC(C)C. The van der Waals surface area contributed by atoms with E-state index < -0.39 is 17.9 Å². The lowest BCUT2D eigenvalue weighted by atomic mass is 10.0. The fourth-order valence-electron chi connectivity index (χ4n) is 2.72. The first-order valence-corrected chi connectivity index (χ1v) is 8.72. The zero-order valence-electron chi connectivity index (χ0n) is 16.0. The van der Waals surface area contributed by atoms with Crippen LogP contribution < -0.4 is 9.47 Å². The number of hydrogen-bond acceptors (Lipinski definition) is 4. The third kappa shape index (κ3) is 5.23. The molecule has 0 aromatic heterocycles. The van der Waals surface area contributed by atoms with E-state index in [1.807, 2.05) is 44.2 Å². The van der Waals surface area contributed by atoms with Crippen molar-refractivity contribution in [2.75, 3.05) is 14.2 Å². The van der Waals surface area contributed by atoms with Gasteiger partial charge >= 0.3 is 5.97 Å². The number of carboxylic acid groups (broad SMARTS) is 1. The number of hydrogen-bond donors (Lipinski definition) is 1. The summed E-state index contributed by atoms with van der Waals surface area (Å²) in [7, 11) is 2.99. The molecule has 6 nitrogen and oxygen atoms in total. The molecule has 0 bridgehead atoms. The molecule has 2 rings (SSSR count). The van der Waals surface area contributed by atoms with Gasteiger partial charge in [-0.1, -0.05) is 30.3 Å². The van der Waals surface area contributed by atoms with Gasteiger partial charge in [0.15, 0.2) is 11.5 Å². The summed E-state index contributed by atoms with van der Waals surface area (Å²) < 4.78 is 11.0. The molecule has 0 fully saturated rings. The number of likely N-dealkylation sites (N-methyl/N-ethyl adjacent to an activating group) is 1. The lowest BCUT2D eigenvalue weighted by molar-refractivity contribution is -0.141. The maximum atomic E-state index is 12.8. The van der Waals surface area contributed by atoms with Crippen LogP contribution in [-0.2, 0) is 11.2 Å². The smallest absolute Gasteiger partial charge is 0.326 e. The largest absolute Gasteiger partial charge is 0.493 e. The molecule has 0 aliphatic heterocycles. The average Bonchev–Trinajstić information content (AvgIpc) is 2.65. The fourth-order valence-corrected chi connectivity index (χ4v) is 2.72. The number of carbonyl (C=O) groups is 2. The summed E-state index contributed by atoms with van der Waals surface area (Å²) in [6.45, 7) is 3.79. The minimum Gasteiger partial charge on any atom is -0.493 e. The molecule has 0 heterocycles. The number of carboxylic acids is 1. The molecule has 0 aliphatic rings. The number of amides is 1. The van der Waals surface area contributed by atoms with E-state index in [1.165, 1.54) is 19.1 Å². The molecule has 1 amide bonds. The molecule has 1 atom stereocenters. The average molecular weight is 371 g/mol. The predicted molar refractivity (Wildman–Crippen MR) is 102 cm³/mol. The summed E-state index contributed by atoms with van der Waals surface area (Å²) in [6, 6.07) is 13.1. The molecule has 0 radical (unpaired) electrons. The molecular weight excluding hydrogens is 346 g/mol. The van der Waals surface area contributed by atoms with Crippen molar-refractivity contribution in [3.05, 3.63) is 59.7 Å². The predicted octanol–water partition coefficient (Wildman–Crippen LogP) is 3.25. The summed E-state index contributed by atoms with van der Waals surface area (Å²) in [5.41, 5.74) is 1.19. The van der Waals surface area contributed by atoms with Crippen molar-refractivity contribution in [3.63, 3.8) is 0 Å². The molecular formula is C21H25NO5. The van der Waals surface area contributed by atoms with Gasteiger partial charge in [0, 0.05) is 19.0 Å². The monoisotopic (exact) mass is 371 g/mol. The van der Waals surface area contributed by atoms with E-state index in [-0.39, 0.29) is 12.5 Å². The minimum absolute atomic E-state index is 0.0367. The van der Waals surface area contributed by atoms with Gasteiger partial charge < -0.3 is 19.5 Å². The van der Waals surface area contributed by atoms with Gasteiger partial charge in [0.2, 0.25) is 0 Å². The maximum Gasteiger partial charge on any atom is 0.326 e. The molecule has 0 saturated heterocycles. The topological polar surface area (TPSA) is 76.1 Å². The number of ether oxygens (including phenoxy) is 2. The van der Waals surface area contributed by atoms with Crippen LogP contribution >= 0.6 is 0 Å². The Balaban J connectivity index is 2.24. The van der Waals surface area contributed by atoms with Gasteiger partial charge in [-0.2, -0.15) is 0 Å². The van der Waals surface area contributed by atoms with Crippen LogP contribution in [0, 0.1) is 0 Å². The van der Waals surface area contributed by atoms with Gasteiger partial charge in [0.25, 0.3) is 5.91 Å². The van der Waals surface area contributed by atoms with Crippen molar-refractivity contribution < 1.29 is 24.2 Å². The highest BCUT2D eigenvalue weighted by molar-refractivity contribution is 5.97. The van der Waals surface area contributed by atoms with E-state index in [1.54, 1.807) is 18.2 Å². The summed E-state index contributed by atoms with van der Waals surface area (Å²) in [5.74, 6) is -0.488. The quantitative estimate of drug-likeness (QED) is 0.771. The number of aliphatic carboxylic acids is 1. The van der Waals surface area contributed by atoms with Crippen molar-refractivity contribution in [3.8, 4) is 11.5 Å². The van der Waals surface area contributed by atoms with Gasteiger partial charge in [-0.15, -0.1) is 0 Å². The second kappa shape index (κ2) is 9.07. The van der Waals surface area contributed by atoms with Gasteiger partial charge in [0.1, 0.15) is 6.04 Å². The van der Waals surface area contributed by atoms with E-state index in [9.17, 15) is 14.7 Å². The molecule has 0 aliphatic carbocycles. The standard InChI is InChI=1S/C21H25NO5/c1-14(2)27-18-11-10-16(13-19(18)26-4)20(23)22(3)17(21(24)25)12-15-8-6-5-7-9-15/h5-11,13-14,17H,12H2,1-4H3,(H,24,25). The Labute approximate surface area is 159 Å². The molecule has 1 unspecified atom stereocenters. The number of methoxy groups -OCH3 is 1. The van der Waals surface area contributed by atoms with E-state index in [4.69, 9.17) is 9.47 Å². The normalized spacial score (nSPS) is 11.7. The Bertz CT molecular complexity index is 788. The van der Waals surface area contributed by atoms with Crippen LogP contribution in [0.5, 0.6) is 11.5 Å². The lowest BCUT2D eigenvalue weighted by Crippen LogP contribution is -2.43. The molecule has 27 heavy (non-hydrogen) atoms. The number of carbonyl (C=O) groups excluding carboxylic acids is 1. The lowest BCUT2D eigenvalue weighted by Gasteiger charge is -2.25.